The van der Waals surface area contributed by atoms with Gasteiger partial charge in [0.1, 0.15) is 5.52 Å². The van der Waals surface area contributed by atoms with Crippen LogP contribution >= 0.6 is 22.7 Å². The Kier molecular flexibility index (Phi) is 5.55. The van der Waals surface area contributed by atoms with Gasteiger partial charge in [0.15, 0.2) is 0 Å². The van der Waals surface area contributed by atoms with Crippen molar-refractivity contribution in [2.75, 3.05) is 11.9 Å². The molecule has 0 aromatic carbocycles. The number of ether oxygens (including phenoxy) is 1. The number of fused-ring (bicyclic) bond motifs is 1. The molecule has 4 nitrogen and oxygen atoms in total. The molecule has 0 amide bonds. The average Bonchev–Trinajstić information content (AvgIpc) is 3.18. The number of nitrogens with zero attached hydrogens (tertiary/aromatic N) is 2. The molecule has 134 valence electrons. The van der Waals surface area contributed by atoms with Gasteiger partial charge in [-0.2, -0.15) is 5.10 Å². The topological polar surface area (TPSA) is 47.0 Å². The van der Waals surface area contributed by atoms with E-state index < -0.39 is 6.36 Å². The second-order valence-electron chi connectivity index (χ2n) is 5.42. The molecule has 0 aliphatic carbocycles. The molecule has 0 fully saturated rings. The molecule has 3 heterocycles. The summed E-state index contributed by atoms with van der Waals surface area (Å²) < 4.78 is 40.9. The molecule has 3 aromatic rings. The first-order valence-corrected chi connectivity index (χ1v) is 9.34. The Morgan fingerprint density at radius 3 is 2.88 bits per heavy atom. The minimum absolute atomic E-state index is 0.304. The van der Waals surface area contributed by atoms with E-state index in [1.807, 2.05) is 18.4 Å². The fourth-order valence-corrected chi connectivity index (χ4v) is 4.35. The van der Waals surface area contributed by atoms with Crippen LogP contribution in [0.2, 0.25) is 0 Å². The van der Waals surface area contributed by atoms with E-state index in [1.54, 1.807) is 28.9 Å². The van der Waals surface area contributed by atoms with Crippen molar-refractivity contribution in [1.82, 2.24) is 10.2 Å². The van der Waals surface area contributed by atoms with Crippen molar-refractivity contribution in [1.29, 1.82) is 0 Å². The van der Waals surface area contributed by atoms with E-state index in [-0.39, 0.29) is 6.61 Å². The van der Waals surface area contributed by atoms with E-state index in [1.165, 1.54) is 4.88 Å². The number of alkyl halides is 3. The summed E-state index contributed by atoms with van der Waals surface area (Å²) >= 11 is 3.22. The number of aromatic nitrogens is 2. The van der Waals surface area contributed by atoms with Gasteiger partial charge in [0.25, 0.3) is 0 Å². The predicted octanol–water partition coefficient (Wildman–Crippen LogP) is 5.14. The molecular formula is C16H16F3N3OS2. The van der Waals surface area contributed by atoms with Crippen molar-refractivity contribution < 1.29 is 17.9 Å². The highest BCUT2D eigenvalue weighted by Crippen LogP contribution is 2.35. The van der Waals surface area contributed by atoms with Gasteiger partial charge in [-0.05, 0) is 36.8 Å². The number of hydrogen-bond donors (Lipinski definition) is 1. The predicted molar refractivity (Wildman–Crippen MR) is 94.1 cm³/mol. The van der Waals surface area contributed by atoms with Crippen molar-refractivity contribution >= 4 is 38.6 Å². The first kappa shape index (κ1) is 18.1. The molecule has 0 saturated heterocycles. The van der Waals surface area contributed by atoms with Crippen LogP contribution in [0.4, 0.5) is 18.9 Å². The van der Waals surface area contributed by atoms with Gasteiger partial charge in [0, 0.05) is 16.3 Å². The highest BCUT2D eigenvalue weighted by molar-refractivity contribution is 7.19. The number of hydrogen-bond acceptors (Lipinski definition) is 6. The van der Waals surface area contributed by atoms with E-state index in [2.05, 4.69) is 26.3 Å². The van der Waals surface area contributed by atoms with E-state index >= 15 is 0 Å². The SMILES string of the molecule is Cc1c(CCCOC(F)(F)F)sc2c(NCc3cccs3)cnnc12. The van der Waals surface area contributed by atoms with E-state index in [0.717, 1.165) is 26.3 Å². The number of aryl methyl sites for hydroxylation is 2. The second-order valence-corrected chi connectivity index (χ2v) is 7.55. The van der Waals surface area contributed by atoms with Gasteiger partial charge >= 0.3 is 6.36 Å². The third kappa shape index (κ3) is 4.68. The summed E-state index contributed by atoms with van der Waals surface area (Å²) in [5, 5.41) is 13.6. The largest absolute Gasteiger partial charge is 0.522 e. The molecular weight excluding hydrogens is 371 g/mol. The standard InChI is InChI=1S/C16H16F3N3OS2/c1-10-13(5-2-6-23-16(17,18)19)25-15-12(9-21-22-14(10)15)20-8-11-4-3-7-24-11/h3-4,7,9H,2,5-6,8H2,1H3,(H,20,22). The van der Waals surface area contributed by atoms with Crippen molar-refractivity contribution in [3.63, 3.8) is 0 Å². The fourth-order valence-electron chi connectivity index (χ4n) is 2.44. The van der Waals surface area contributed by atoms with Crippen LogP contribution in [0.5, 0.6) is 0 Å². The zero-order valence-electron chi connectivity index (χ0n) is 13.4. The summed E-state index contributed by atoms with van der Waals surface area (Å²) in [6, 6.07) is 4.05. The van der Waals surface area contributed by atoms with Crippen molar-refractivity contribution in [2.24, 2.45) is 0 Å². The number of thiophene rings is 2. The molecule has 3 aromatic heterocycles. The first-order valence-electron chi connectivity index (χ1n) is 7.64. The zero-order chi connectivity index (χ0) is 17.9. The lowest BCUT2D eigenvalue weighted by Crippen LogP contribution is -2.14. The van der Waals surface area contributed by atoms with Crippen LogP contribution in [-0.4, -0.2) is 23.2 Å². The highest BCUT2D eigenvalue weighted by atomic mass is 32.1. The Bertz CT molecular complexity index is 831. The Labute approximate surface area is 150 Å². The summed E-state index contributed by atoms with van der Waals surface area (Å²) in [6.45, 7) is 2.28. The third-order valence-corrected chi connectivity index (χ3v) is 5.90. The van der Waals surface area contributed by atoms with Gasteiger partial charge in [-0.1, -0.05) is 6.07 Å². The van der Waals surface area contributed by atoms with Crippen LogP contribution in [0.1, 0.15) is 21.7 Å². The van der Waals surface area contributed by atoms with Gasteiger partial charge < -0.3 is 5.32 Å². The summed E-state index contributed by atoms with van der Waals surface area (Å²) in [5.41, 5.74) is 2.66. The summed E-state index contributed by atoms with van der Waals surface area (Å²) in [4.78, 5) is 2.23. The van der Waals surface area contributed by atoms with Crippen LogP contribution < -0.4 is 5.32 Å². The van der Waals surface area contributed by atoms with Gasteiger partial charge in [-0.3, -0.25) is 4.74 Å². The van der Waals surface area contributed by atoms with E-state index in [0.29, 0.717) is 19.4 Å². The number of rotatable bonds is 7. The molecule has 0 unspecified atom stereocenters. The van der Waals surface area contributed by atoms with Crippen LogP contribution in [0.15, 0.2) is 23.7 Å². The molecule has 0 atom stereocenters. The molecule has 0 aliphatic rings. The smallest absolute Gasteiger partial charge is 0.378 e. The lowest BCUT2D eigenvalue weighted by atomic mass is 10.2. The monoisotopic (exact) mass is 387 g/mol. The molecule has 9 heteroatoms. The molecule has 0 spiro atoms. The quantitative estimate of drug-likeness (QED) is 0.570. The zero-order valence-corrected chi connectivity index (χ0v) is 15.0. The van der Waals surface area contributed by atoms with Crippen molar-refractivity contribution in [3.05, 3.63) is 39.0 Å². The van der Waals surface area contributed by atoms with Crippen molar-refractivity contribution in [3.8, 4) is 0 Å². The van der Waals surface area contributed by atoms with Gasteiger partial charge in [0.2, 0.25) is 0 Å². The van der Waals surface area contributed by atoms with Crippen LogP contribution in [0.25, 0.3) is 10.2 Å². The Morgan fingerprint density at radius 2 is 2.16 bits per heavy atom. The van der Waals surface area contributed by atoms with Gasteiger partial charge in [-0.25, -0.2) is 0 Å². The number of nitrogens with one attached hydrogen (secondary N) is 1. The fraction of sp³-hybridized carbons (Fsp3) is 0.375. The number of anilines is 1. The van der Waals surface area contributed by atoms with E-state index in [4.69, 9.17) is 0 Å². The molecule has 0 saturated carbocycles. The summed E-state index contributed by atoms with van der Waals surface area (Å²) in [6.07, 6.45) is -2.06. The average molecular weight is 387 g/mol. The molecule has 1 N–H and O–H groups in total. The first-order chi connectivity index (χ1) is 11.9. The molecule has 0 radical (unpaired) electrons. The molecule has 0 bridgehead atoms. The van der Waals surface area contributed by atoms with Crippen LogP contribution in [-0.2, 0) is 17.7 Å². The normalized spacial score (nSPS) is 12.0. The summed E-state index contributed by atoms with van der Waals surface area (Å²) in [5.74, 6) is 0. The molecule has 0 aliphatic heterocycles. The highest BCUT2D eigenvalue weighted by Gasteiger charge is 2.28. The summed E-state index contributed by atoms with van der Waals surface area (Å²) in [7, 11) is 0. The third-order valence-electron chi connectivity index (χ3n) is 3.65. The minimum atomic E-state index is -4.57. The lowest BCUT2D eigenvalue weighted by molar-refractivity contribution is -0.324. The van der Waals surface area contributed by atoms with Gasteiger partial charge in [0.05, 0.1) is 23.2 Å². The van der Waals surface area contributed by atoms with Crippen LogP contribution in [0, 0.1) is 6.92 Å². The van der Waals surface area contributed by atoms with Gasteiger partial charge in [-0.15, -0.1) is 40.9 Å². The number of halogens is 3. The second kappa shape index (κ2) is 7.67. The molecule has 3 rings (SSSR count). The minimum Gasteiger partial charge on any atom is -0.378 e. The lowest BCUT2D eigenvalue weighted by Gasteiger charge is -2.06. The molecule has 25 heavy (non-hydrogen) atoms. The maximum Gasteiger partial charge on any atom is 0.522 e. The van der Waals surface area contributed by atoms with Crippen molar-refractivity contribution in [2.45, 2.75) is 32.7 Å². The van der Waals surface area contributed by atoms with E-state index in [9.17, 15) is 13.2 Å². The Morgan fingerprint density at radius 1 is 1.32 bits per heavy atom. The Balaban J connectivity index is 1.70. The van der Waals surface area contributed by atoms with Crippen LogP contribution in [0.3, 0.4) is 0 Å². The maximum atomic E-state index is 12.0. The Hall–Kier alpha value is -1.71. The maximum absolute atomic E-state index is 12.0.